The molecule has 0 saturated carbocycles. The third kappa shape index (κ3) is 4.47. The Kier molecular flexibility index (Phi) is 5.99. The zero-order chi connectivity index (χ0) is 12.2. The van der Waals surface area contributed by atoms with Gasteiger partial charge in [-0.15, -0.1) is 0 Å². The molecule has 1 fully saturated rings. The van der Waals surface area contributed by atoms with Crippen molar-refractivity contribution >= 4 is 23.5 Å². The summed E-state index contributed by atoms with van der Waals surface area (Å²) in [5.74, 6) is 2.39. The van der Waals surface area contributed by atoms with E-state index < -0.39 is 0 Å². The van der Waals surface area contributed by atoms with Gasteiger partial charge in [-0.3, -0.25) is 0 Å². The highest BCUT2D eigenvalue weighted by Gasteiger charge is 2.30. The van der Waals surface area contributed by atoms with Crippen molar-refractivity contribution in [3.63, 3.8) is 0 Å². The highest BCUT2D eigenvalue weighted by atomic mass is 32.2. The van der Waals surface area contributed by atoms with Crippen LogP contribution >= 0.6 is 23.5 Å². The molecule has 0 bridgehead atoms. The molecule has 1 saturated heterocycles. The molecule has 3 unspecified atom stereocenters. The summed E-state index contributed by atoms with van der Waals surface area (Å²) in [7, 11) is 1.74. The Labute approximate surface area is 108 Å². The first-order valence-corrected chi connectivity index (χ1v) is 8.02. The average Bonchev–Trinajstić information content (AvgIpc) is 2.27. The molecule has 4 heteroatoms. The van der Waals surface area contributed by atoms with Crippen LogP contribution in [0.3, 0.4) is 0 Å². The quantitative estimate of drug-likeness (QED) is 0.827. The minimum Gasteiger partial charge on any atom is -0.392 e. The Morgan fingerprint density at radius 1 is 1.38 bits per heavy atom. The smallest absolute Gasteiger partial charge is 0.0670 e. The molecule has 16 heavy (non-hydrogen) atoms. The van der Waals surface area contributed by atoms with E-state index in [-0.39, 0.29) is 11.7 Å². The van der Waals surface area contributed by atoms with Crippen molar-refractivity contribution in [2.75, 3.05) is 18.6 Å². The molecule has 0 aromatic carbocycles. The summed E-state index contributed by atoms with van der Waals surface area (Å²) in [5, 5.41) is 11.2. The Balaban J connectivity index is 2.36. The SMILES string of the molecule is COC(C)(C)CCC(O)C1SCCSC1C. The summed E-state index contributed by atoms with van der Waals surface area (Å²) >= 11 is 3.91. The lowest BCUT2D eigenvalue weighted by atomic mass is 9.98. The molecule has 2 nitrogen and oxygen atoms in total. The monoisotopic (exact) mass is 264 g/mol. The predicted molar refractivity (Wildman–Crippen MR) is 74.5 cm³/mol. The van der Waals surface area contributed by atoms with E-state index in [0.29, 0.717) is 10.5 Å². The number of hydrogen-bond acceptors (Lipinski definition) is 4. The van der Waals surface area contributed by atoms with Gasteiger partial charge >= 0.3 is 0 Å². The van der Waals surface area contributed by atoms with Crippen LogP contribution in [-0.4, -0.2) is 45.9 Å². The summed E-state index contributed by atoms with van der Waals surface area (Å²) in [5.41, 5.74) is -0.114. The van der Waals surface area contributed by atoms with Crippen LogP contribution in [0.2, 0.25) is 0 Å². The zero-order valence-electron chi connectivity index (χ0n) is 10.7. The molecule has 96 valence electrons. The topological polar surface area (TPSA) is 29.5 Å². The fraction of sp³-hybridized carbons (Fsp3) is 1.00. The zero-order valence-corrected chi connectivity index (χ0v) is 12.4. The lowest BCUT2D eigenvalue weighted by Crippen LogP contribution is -2.36. The van der Waals surface area contributed by atoms with Crippen molar-refractivity contribution < 1.29 is 9.84 Å². The maximum Gasteiger partial charge on any atom is 0.0670 e. The third-order valence-corrected chi connectivity index (χ3v) is 6.45. The van der Waals surface area contributed by atoms with Crippen LogP contribution in [0, 0.1) is 0 Å². The number of thioether (sulfide) groups is 2. The summed E-state index contributed by atoms with van der Waals surface area (Å²) in [4.78, 5) is 0. The van der Waals surface area contributed by atoms with E-state index in [9.17, 15) is 5.11 Å². The molecule has 1 aliphatic heterocycles. The summed E-state index contributed by atoms with van der Waals surface area (Å²) in [6.07, 6.45) is 1.56. The first-order valence-electron chi connectivity index (χ1n) is 5.93. The number of hydrogen-bond donors (Lipinski definition) is 1. The summed E-state index contributed by atoms with van der Waals surface area (Å²) in [6.45, 7) is 6.38. The highest BCUT2D eigenvalue weighted by Crippen LogP contribution is 2.34. The van der Waals surface area contributed by atoms with E-state index in [2.05, 4.69) is 20.8 Å². The number of ether oxygens (including phenoxy) is 1. The lowest BCUT2D eigenvalue weighted by Gasteiger charge is -2.33. The molecule has 1 N–H and O–H groups in total. The fourth-order valence-corrected chi connectivity index (χ4v) is 4.72. The van der Waals surface area contributed by atoms with Gasteiger partial charge in [0.25, 0.3) is 0 Å². The van der Waals surface area contributed by atoms with Gasteiger partial charge in [-0.05, 0) is 26.7 Å². The lowest BCUT2D eigenvalue weighted by molar-refractivity contribution is 0.00289. The first-order chi connectivity index (χ1) is 7.46. The van der Waals surface area contributed by atoms with Crippen molar-refractivity contribution in [2.24, 2.45) is 0 Å². The standard InChI is InChI=1S/C12H24O2S2/c1-9-11(16-8-7-15-9)10(13)5-6-12(2,3)14-4/h9-11,13H,5-8H2,1-4H3. The number of aliphatic hydroxyl groups is 1. The minimum atomic E-state index is -0.192. The maximum atomic E-state index is 10.2. The van der Waals surface area contributed by atoms with Gasteiger partial charge < -0.3 is 9.84 Å². The van der Waals surface area contributed by atoms with Crippen molar-refractivity contribution in [1.82, 2.24) is 0 Å². The molecule has 0 radical (unpaired) electrons. The van der Waals surface area contributed by atoms with Crippen LogP contribution < -0.4 is 0 Å². The summed E-state index contributed by atoms with van der Waals surface area (Å²) < 4.78 is 5.38. The first kappa shape index (κ1) is 14.7. The van der Waals surface area contributed by atoms with Gasteiger partial charge in [-0.25, -0.2) is 0 Å². The minimum absolute atomic E-state index is 0.114. The second kappa shape index (κ2) is 6.53. The summed E-state index contributed by atoms with van der Waals surface area (Å²) in [6, 6.07) is 0. The van der Waals surface area contributed by atoms with Crippen molar-refractivity contribution in [3.8, 4) is 0 Å². The van der Waals surface area contributed by atoms with E-state index in [1.165, 1.54) is 11.5 Å². The largest absolute Gasteiger partial charge is 0.392 e. The number of aliphatic hydroxyl groups excluding tert-OH is 1. The molecule has 0 amide bonds. The van der Waals surface area contributed by atoms with Crippen LogP contribution in [0.15, 0.2) is 0 Å². The van der Waals surface area contributed by atoms with Crippen LogP contribution in [0.25, 0.3) is 0 Å². The van der Waals surface area contributed by atoms with Crippen LogP contribution in [-0.2, 0) is 4.74 Å². The van der Waals surface area contributed by atoms with Crippen LogP contribution in [0.5, 0.6) is 0 Å². The molecular formula is C12H24O2S2. The van der Waals surface area contributed by atoms with E-state index >= 15 is 0 Å². The normalized spacial score (nSPS) is 29.1. The second-order valence-corrected chi connectivity index (χ2v) is 7.75. The molecule has 0 spiro atoms. The van der Waals surface area contributed by atoms with E-state index in [0.717, 1.165) is 12.8 Å². The average molecular weight is 264 g/mol. The molecule has 0 aliphatic carbocycles. The van der Waals surface area contributed by atoms with Gasteiger partial charge in [0.15, 0.2) is 0 Å². The second-order valence-electron chi connectivity index (χ2n) is 4.98. The Morgan fingerprint density at radius 2 is 2.00 bits per heavy atom. The molecule has 1 heterocycles. The van der Waals surface area contributed by atoms with Gasteiger partial charge in [0, 0.05) is 29.1 Å². The number of rotatable bonds is 5. The predicted octanol–water partition coefficient (Wildman–Crippen LogP) is 2.79. The van der Waals surface area contributed by atoms with E-state index in [1.807, 2.05) is 23.5 Å². The molecular weight excluding hydrogens is 240 g/mol. The van der Waals surface area contributed by atoms with Gasteiger partial charge in [-0.2, -0.15) is 23.5 Å². The van der Waals surface area contributed by atoms with Gasteiger partial charge in [-0.1, -0.05) is 6.92 Å². The van der Waals surface area contributed by atoms with Gasteiger partial charge in [0.1, 0.15) is 0 Å². The maximum absolute atomic E-state index is 10.2. The fourth-order valence-electron chi connectivity index (χ4n) is 1.83. The van der Waals surface area contributed by atoms with Gasteiger partial charge in [0.05, 0.1) is 11.7 Å². The Morgan fingerprint density at radius 3 is 2.56 bits per heavy atom. The molecule has 3 atom stereocenters. The third-order valence-electron chi connectivity index (χ3n) is 3.21. The molecule has 0 aromatic heterocycles. The molecule has 1 aliphatic rings. The van der Waals surface area contributed by atoms with Gasteiger partial charge in [0.2, 0.25) is 0 Å². The van der Waals surface area contributed by atoms with Crippen LogP contribution in [0.1, 0.15) is 33.6 Å². The van der Waals surface area contributed by atoms with Crippen LogP contribution in [0.4, 0.5) is 0 Å². The Bertz CT molecular complexity index is 209. The molecule has 1 rings (SSSR count). The van der Waals surface area contributed by atoms with Crippen molar-refractivity contribution in [3.05, 3.63) is 0 Å². The highest BCUT2D eigenvalue weighted by molar-refractivity contribution is 8.07. The van der Waals surface area contributed by atoms with E-state index in [4.69, 9.17) is 4.74 Å². The Hall–Kier alpha value is 0.620. The van der Waals surface area contributed by atoms with Crippen molar-refractivity contribution in [2.45, 2.75) is 55.8 Å². The molecule has 0 aromatic rings. The van der Waals surface area contributed by atoms with E-state index in [1.54, 1.807) is 7.11 Å². The van der Waals surface area contributed by atoms with Crippen molar-refractivity contribution in [1.29, 1.82) is 0 Å². The number of methoxy groups -OCH3 is 1.